The number of hydrogen-bond donors (Lipinski definition) is 2. The van der Waals surface area contributed by atoms with E-state index < -0.39 is 0 Å². The van der Waals surface area contributed by atoms with Crippen LogP contribution in [0.4, 0.5) is 0 Å². The van der Waals surface area contributed by atoms with E-state index in [0.29, 0.717) is 0 Å². The van der Waals surface area contributed by atoms with Crippen molar-refractivity contribution in [2.24, 2.45) is 0 Å². The number of nitrogens with zero attached hydrogens (tertiary/aromatic N) is 1. The van der Waals surface area contributed by atoms with Gasteiger partial charge in [0.15, 0.2) is 0 Å². The summed E-state index contributed by atoms with van der Waals surface area (Å²) in [5, 5.41) is 11.6. The van der Waals surface area contributed by atoms with Crippen LogP contribution >= 0.6 is 0 Å². The van der Waals surface area contributed by atoms with Crippen molar-refractivity contribution in [1.82, 2.24) is 10.3 Å². The SMILES string of the molecule is CC[C@H](CO)NC(=O)Cc1ccccn1. The Balaban J connectivity index is 2.43. The van der Waals surface area contributed by atoms with Gasteiger partial charge in [0.2, 0.25) is 5.91 Å². The Hall–Kier alpha value is -1.42. The topological polar surface area (TPSA) is 62.2 Å². The van der Waals surface area contributed by atoms with Crippen molar-refractivity contribution in [2.45, 2.75) is 25.8 Å². The van der Waals surface area contributed by atoms with Crippen molar-refractivity contribution in [2.75, 3.05) is 6.61 Å². The minimum absolute atomic E-state index is 0.0234. The smallest absolute Gasteiger partial charge is 0.226 e. The summed E-state index contributed by atoms with van der Waals surface area (Å²) in [6, 6.07) is 5.31. The second-order valence-electron chi connectivity index (χ2n) is 3.35. The van der Waals surface area contributed by atoms with Crippen LogP contribution in [0.3, 0.4) is 0 Å². The van der Waals surface area contributed by atoms with E-state index in [4.69, 9.17) is 5.11 Å². The van der Waals surface area contributed by atoms with Crippen LogP contribution in [0.25, 0.3) is 0 Å². The summed E-state index contributed by atoms with van der Waals surface area (Å²) in [7, 11) is 0. The summed E-state index contributed by atoms with van der Waals surface area (Å²) in [5.41, 5.74) is 0.739. The highest BCUT2D eigenvalue weighted by Gasteiger charge is 2.09. The summed E-state index contributed by atoms with van der Waals surface area (Å²) in [6.07, 6.45) is 2.65. The number of rotatable bonds is 5. The second-order valence-corrected chi connectivity index (χ2v) is 3.35. The van der Waals surface area contributed by atoms with E-state index in [2.05, 4.69) is 10.3 Å². The average Bonchev–Trinajstić information content (AvgIpc) is 2.27. The Labute approximate surface area is 89.3 Å². The third-order valence-electron chi connectivity index (χ3n) is 2.15. The Morgan fingerprint density at radius 3 is 2.93 bits per heavy atom. The molecule has 0 unspecified atom stereocenters. The van der Waals surface area contributed by atoms with Gasteiger partial charge in [-0.2, -0.15) is 0 Å². The summed E-state index contributed by atoms with van der Waals surface area (Å²) in [6.45, 7) is 1.90. The van der Waals surface area contributed by atoms with Crippen LogP contribution in [-0.4, -0.2) is 28.6 Å². The molecular formula is C11H16N2O2. The van der Waals surface area contributed by atoms with E-state index in [9.17, 15) is 4.79 Å². The zero-order chi connectivity index (χ0) is 11.1. The molecule has 4 heteroatoms. The van der Waals surface area contributed by atoms with Crippen molar-refractivity contribution in [1.29, 1.82) is 0 Å². The van der Waals surface area contributed by atoms with Gasteiger partial charge < -0.3 is 10.4 Å². The molecule has 15 heavy (non-hydrogen) atoms. The number of amides is 1. The van der Waals surface area contributed by atoms with Gasteiger partial charge in [-0.05, 0) is 18.6 Å². The van der Waals surface area contributed by atoms with Crippen molar-refractivity contribution in [3.63, 3.8) is 0 Å². The number of carbonyl (C=O) groups excluding carboxylic acids is 1. The lowest BCUT2D eigenvalue weighted by atomic mass is 10.2. The predicted octanol–water partition coefficient (Wildman–Crippen LogP) is 0.511. The molecule has 0 spiro atoms. The first-order valence-electron chi connectivity index (χ1n) is 5.06. The van der Waals surface area contributed by atoms with Gasteiger partial charge in [0, 0.05) is 11.9 Å². The molecule has 0 saturated heterocycles. The molecule has 1 atom stereocenters. The van der Waals surface area contributed by atoms with Gasteiger partial charge in [-0.1, -0.05) is 13.0 Å². The van der Waals surface area contributed by atoms with Crippen LogP contribution in [0.1, 0.15) is 19.0 Å². The van der Waals surface area contributed by atoms with Gasteiger partial charge in [0.1, 0.15) is 0 Å². The number of aliphatic hydroxyl groups excluding tert-OH is 1. The maximum Gasteiger partial charge on any atom is 0.226 e. The fraction of sp³-hybridized carbons (Fsp3) is 0.455. The van der Waals surface area contributed by atoms with Crippen LogP contribution in [-0.2, 0) is 11.2 Å². The summed E-state index contributed by atoms with van der Waals surface area (Å²) in [5.74, 6) is -0.102. The van der Waals surface area contributed by atoms with Crippen molar-refractivity contribution in [3.8, 4) is 0 Å². The molecule has 2 N–H and O–H groups in total. The second kappa shape index (κ2) is 6.14. The van der Waals surface area contributed by atoms with Crippen LogP contribution in [0.2, 0.25) is 0 Å². The minimum atomic E-state index is -0.152. The molecule has 82 valence electrons. The molecule has 0 aliphatic rings. The molecule has 0 aromatic carbocycles. The van der Waals surface area contributed by atoms with Gasteiger partial charge in [0.25, 0.3) is 0 Å². The first-order chi connectivity index (χ1) is 7.26. The van der Waals surface area contributed by atoms with E-state index in [1.54, 1.807) is 12.3 Å². The molecule has 0 aliphatic carbocycles. The van der Waals surface area contributed by atoms with Crippen molar-refractivity contribution in [3.05, 3.63) is 30.1 Å². The van der Waals surface area contributed by atoms with Gasteiger partial charge in [-0.25, -0.2) is 0 Å². The van der Waals surface area contributed by atoms with E-state index in [-0.39, 0.29) is 25.0 Å². The molecule has 0 aliphatic heterocycles. The first kappa shape index (κ1) is 11.7. The minimum Gasteiger partial charge on any atom is -0.394 e. The van der Waals surface area contributed by atoms with Gasteiger partial charge >= 0.3 is 0 Å². The molecular weight excluding hydrogens is 192 g/mol. The van der Waals surface area contributed by atoms with Crippen LogP contribution < -0.4 is 5.32 Å². The van der Waals surface area contributed by atoms with Gasteiger partial charge in [-0.3, -0.25) is 9.78 Å². The highest BCUT2D eigenvalue weighted by atomic mass is 16.3. The molecule has 1 aromatic rings. The highest BCUT2D eigenvalue weighted by Crippen LogP contribution is 1.96. The quantitative estimate of drug-likeness (QED) is 0.741. The highest BCUT2D eigenvalue weighted by molar-refractivity contribution is 5.78. The van der Waals surface area contributed by atoms with E-state index >= 15 is 0 Å². The molecule has 1 rings (SSSR count). The number of nitrogens with one attached hydrogen (secondary N) is 1. The van der Waals surface area contributed by atoms with E-state index in [1.807, 2.05) is 19.1 Å². The molecule has 1 aromatic heterocycles. The molecule has 4 nitrogen and oxygen atoms in total. The van der Waals surface area contributed by atoms with E-state index in [1.165, 1.54) is 0 Å². The molecule has 1 heterocycles. The zero-order valence-electron chi connectivity index (χ0n) is 8.81. The summed E-state index contributed by atoms with van der Waals surface area (Å²) in [4.78, 5) is 15.5. The molecule has 0 fully saturated rings. The fourth-order valence-electron chi connectivity index (χ4n) is 1.22. The lowest BCUT2D eigenvalue weighted by Gasteiger charge is -2.13. The molecule has 0 radical (unpaired) electrons. The average molecular weight is 208 g/mol. The normalized spacial score (nSPS) is 12.1. The Morgan fingerprint density at radius 1 is 1.60 bits per heavy atom. The third kappa shape index (κ3) is 4.08. The summed E-state index contributed by atoms with van der Waals surface area (Å²) < 4.78 is 0. The van der Waals surface area contributed by atoms with Crippen LogP contribution in [0.15, 0.2) is 24.4 Å². The number of hydrogen-bond acceptors (Lipinski definition) is 3. The van der Waals surface area contributed by atoms with Crippen molar-refractivity contribution < 1.29 is 9.90 Å². The van der Waals surface area contributed by atoms with Gasteiger partial charge in [0.05, 0.1) is 19.1 Å². The number of pyridine rings is 1. The van der Waals surface area contributed by atoms with Crippen molar-refractivity contribution >= 4 is 5.91 Å². The van der Waals surface area contributed by atoms with Crippen LogP contribution in [0.5, 0.6) is 0 Å². The maximum atomic E-state index is 11.5. The first-order valence-corrected chi connectivity index (χ1v) is 5.06. The number of aliphatic hydroxyl groups is 1. The Bertz CT molecular complexity index is 297. The fourth-order valence-corrected chi connectivity index (χ4v) is 1.22. The molecule has 0 saturated carbocycles. The number of aromatic nitrogens is 1. The third-order valence-corrected chi connectivity index (χ3v) is 2.15. The zero-order valence-corrected chi connectivity index (χ0v) is 8.81. The van der Waals surface area contributed by atoms with E-state index in [0.717, 1.165) is 12.1 Å². The standard InChI is InChI=1S/C11H16N2O2/c1-2-9(8-14)13-11(15)7-10-5-3-4-6-12-10/h3-6,9,14H,2,7-8H2,1H3,(H,13,15)/t9-/m1/s1. The monoisotopic (exact) mass is 208 g/mol. The Kier molecular flexibility index (Phi) is 4.77. The lowest BCUT2D eigenvalue weighted by molar-refractivity contribution is -0.121. The summed E-state index contributed by atoms with van der Waals surface area (Å²) >= 11 is 0. The number of carbonyl (C=O) groups is 1. The van der Waals surface area contributed by atoms with Gasteiger partial charge in [-0.15, -0.1) is 0 Å². The lowest BCUT2D eigenvalue weighted by Crippen LogP contribution is -2.37. The molecule has 1 amide bonds. The largest absolute Gasteiger partial charge is 0.394 e. The predicted molar refractivity (Wildman–Crippen MR) is 57.2 cm³/mol. The Morgan fingerprint density at radius 2 is 2.40 bits per heavy atom. The molecule has 0 bridgehead atoms. The van der Waals surface area contributed by atoms with Crippen LogP contribution in [0, 0.1) is 0 Å². The maximum absolute atomic E-state index is 11.5.